The van der Waals surface area contributed by atoms with E-state index in [2.05, 4.69) is 5.32 Å². The highest BCUT2D eigenvalue weighted by Gasteiger charge is 2.29. The lowest BCUT2D eigenvalue weighted by atomic mass is 9.82. The Labute approximate surface area is 112 Å². The van der Waals surface area contributed by atoms with Crippen LogP contribution in [0.2, 0.25) is 0 Å². The molecule has 0 heterocycles. The zero-order valence-electron chi connectivity index (χ0n) is 10.8. The summed E-state index contributed by atoms with van der Waals surface area (Å²) in [6.07, 6.45) is 4.43. The van der Waals surface area contributed by atoms with Crippen molar-refractivity contribution in [2.45, 2.75) is 19.8 Å². The normalized spacial score (nSPS) is 21.9. The molecule has 1 aliphatic rings. The molecule has 1 aromatic carbocycles. The number of benzene rings is 1. The quantitative estimate of drug-likeness (QED) is 0.830. The number of carboxylic acid groups (broad SMARTS) is 1. The average Bonchev–Trinajstić information content (AvgIpc) is 2.41. The first-order chi connectivity index (χ1) is 9.09. The number of allylic oxidation sites excluding steroid dienone is 2. The maximum Gasteiger partial charge on any atom is 0.228 e. The molecule has 4 nitrogen and oxygen atoms in total. The predicted molar refractivity (Wildman–Crippen MR) is 70.2 cm³/mol. The lowest BCUT2D eigenvalue weighted by Crippen LogP contribution is -2.41. The summed E-state index contributed by atoms with van der Waals surface area (Å²) < 4.78 is 0. The van der Waals surface area contributed by atoms with Gasteiger partial charge in [0.15, 0.2) is 0 Å². The van der Waals surface area contributed by atoms with Crippen molar-refractivity contribution in [2.75, 3.05) is 5.32 Å². The van der Waals surface area contributed by atoms with E-state index in [1.54, 1.807) is 12.1 Å². The van der Waals surface area contributed by atoms with E-state index < -0.39 is 17.8 Å². The van der Waals surface area contributed by atoms with Gasteiger partial charge in [-0.25, -0.2) is 0 Å². The largest absolute Gasteiger partial charge is 0.550 e. The Hall–Kier alpha value is -2.10. The molecule has 2 rings (SSSR count). The third-order valence-electron chi connectivity index (χ3n) is 3.47. The summed E-state index contributed by atoms with van der Waals surface area (Å²) >= 11 is 0. The van der Waals surface area contributed by atoms with Crippen molar-refractivity contribution >= 4 is 17.6 Å². The Morgan fingerprint density at radius 3 is 2.42 bits per heavy atom. The van der Waals surface area contributed by atoms with Crippen LogP contribution in [0.1, 0.15) is 18.4 Å². The fourth-order valence-electron chi connectivity index (χ4n) is 2.30. The lowest BCUT2D eigenvalue weighted by molar-refractivity contribution is -0.313. The van der Waals surface area contributed by atoms with Crippen LogP contribution in [-0.2, 0) is 9.59 Å². The summed E-state index contributed by atoms with van der Waals surface area (Å²) in [7, 11) is 0. The molecule has 0 radical (unpaired) electrons. The van der Waals surface area contributed by atoms with E-state index in [0.717, 1.165) is 11.3 Å². The van der Waals surface area contributed by atoms with E-state index in [1.165, 1.54) is 0 Å². The molecule has 1 aliphatic carbocycles. The lowest BCUT2D eigenvalue weighted by Gasteiger charge is -2.28. The fraction of sp³-hybridized carbons (Fsp3) is 0.333. The number of carbonyl (C=O) groups is 2. The molecule has 19 heavy (non-hydrogen) atoms. The molecule has 0 bridgehead atoms. The van der Waals surface area contributed by atoms with Crippen LogP contribution in [0.15, 0.2) is 36.4 Å². The Kier molecular flexibility index (Phi) is 4.00. The summed E-state index contributed by atoms with van der Waals surface area (Å²) in [6.45, 7) is 1.90. The second kappa shape index (κ2) is 5.69. The molecule has 0 fully saturated rings. The highest BCUT2D eigenvalue weighted by atomic mass is 16.4. The number of aryl methyl sites for hydroxylation is 1. The van der Waals surface area contributed by atoms with Gasteiger partial charge >= 0.3 is 0 Å². The molecule has 1 N–H and O–H groups in total. The van der Waals surface area contributed by atoms with Gasteiger partial charge < -0.3 is 15.2 Å². The molecule has 0 saturated carbocycles. The Morgan fingerprint density at radius 1 is 1.16 bits per heavy atom. The van der Waals surface area contributed by atoms with Gasteiger partial charge in [0.2, 0.25) is 5.91 Å². The molecular weight excluding hydrogens is 242 g/mol. The summed E-state index contributed by atoms with van der Waals surface area (Å²) in [5.74, 6) is -2.72. The van der Waals surface area contributed by atoms with Gasteiger partial charge in [0.05, 0.1) is 5.92 Å². The molecule has 2 atom stereocenters. The molecule has 0 aromatic heterocycles. The standard InChI is InChI=1S/C15H17NO3/c1-10-6-2-5-9-13(10)16-14(17)11-7-3-4-8-12(11)15(18)19/h2-6,9,11-12H,7-8H2,1H3,(H,16,17)(H,18,19)/p-1/t11-,12+/m0/s1. The van der Waals surface area contributed by atoms with E-state index in [0.29, 0.717) is 12.8 Å². The first kappa shape index (κ1) is 13.3. The number of aliphatic carboxylic acids is 1. The monoisotopic (exact) mass is 258 g/mol. The maximum atomic E-state index is 12.2. The van der Waals surface area contributed by atoms with Crippen LogP contribution in [0.3, 0.4) is 0 Å². The summed E-state index contributed by atoms with van der Waals surface area (Å²) in [6, 6.07) is 7.42. The number of carboxylic acids is 1. The minimum absolute atomic E-state index is 0.257. The molecule has 1 amide bonds. The Morgan fingerprint density at radius 2 is 1.79 bits per heavy atom. The third-order valence-corrected chi connectivity index (χ3v) is 3.47. The first-order valence-corrected chi connectivity index (χ1v) is 6.32. The molecule has 0 saturated heterocycles. The van der Waals surface area contributed by atoms with Crippen molar-refractivity contribution < 1.29 is 14.7 Å². The summed E-state index contributed by atoms with van der Waals surface area (Å²) in [5.41, 5.74) is 1.67. The van der Waals surface area contributed by atoms with Gasteiger partial charge in [0.1, 0.15) is 0 Å². The van der Waals surface area contributed by atoms with Crippen LogP contribution in [0.4, 0.5) is 5.69 Å². The zero-order chi connectivity index (χ0) is 13.8. The SMILES string of the molecule is Cc1ccccc1NC(=O)[C@H]1CC=CC[C@H]1C(=O)[O-]. The second-order valence-electron chi connectivity index (χ2n) is 4.78. The Balaban J connectivity index is 2.13. The van der Waals surface area contributed by atoms with Crippen molar-refractivity contribution in [1.82, 2.24) is 0 Å². The third kappa shape index (κ3) is 3.02. The van der Waals surface area contributed by atoms with E-state index in [-0.39, 0.29) is 5.91 Å². The second-order valence-corrected chi connectivity index (χ2v) is 4.78. The zero-order valence-corrected chi connectivity index (χ0v) is 10.8. The van der Waals surface area contributed by atoms with Gasteiger partial charge in [0.25, 0.3) is 0 Å². The van der Waals surface area contributed by atoms with Gasteiger partial charge in [-0.15, -0.1) is 0 Å². The van der Waals surface area contributed by atoms with E-state index in [4.69, 9.17) is 0 Å². The average molecular weight is 258 g/mol. The minimum atomic E-state index is -1.16. The number of nitrogens with one attached hydrogen (secondary N) is 1. The van der Waals surface area contributed by atoms with Crippen LogP contribution >= 0.6 is 0 Å². The van der Waals surface area contributed by atoms with Gasteiger partial charge in [-0.05, 0) is 31.4 Å². The van der Waals surface area contributed by atoms with E-state index in [1.807, 2.05) is 31.2 Å². The van der Waals surface area contributed by atoms with Crippen LogP contribution in [0.5, 0.6) is 0 Å². The Bertz CT molecular complexity index is 522. The fourth-order valence-corrected chi connectivity index (χ4v) is 2.30. The molecule has 100 valence electrons. The number of rotatable bonds is 3. The van der Waals surface area contributed by atoms with Crippen molar-refractivity contribution in [3.8, 4) is 0 Å². The number of para-hydroxylation sites is 1. The first-order valence-electron chi connectivity index (χ1n) is 6.32. The molecule has 1 aromatic rings. The summed E-state index contributed by atoms with van der Waals surface area (Å²) in [4.78, 5) is 23.3. The van der Waals surface area contributed by atoms with Crippen molar-refractivity contribution in [3.05, 3.63) is 42.0 Å². The van der Waals surface area contributed by atoms with E-state index >= 15 is 0 Å². The van der Waals surface area contributed by atoms with Crippen molar-refractivity contribution in [1.29, 1.82) is 0 Å². The number of carbonyl (C=O) groups excluding carboxylic acids is 2. The minimum Gasteiger partial charge on any atom is -0.550 e. The predicted octanol–water partition coefficient (Wildman–Crippen LogP) is 1.27. The molecule has 0 aliphatic heterocycles. The van der Waals surface area contributed by atoms with Gasteiger partial charge in [-0.1, -0.05) is 30.4 Å². The number of hydrogen-bond acceptors (Lipinski definition) is 3. The van der Waals surface area contributed by atoms with Crippen LogP contribution < -0.4 is 10.4 Å². The highest BCUT2D eigenvalue weighted by Crippen LogP contribution is 2.27. The smallest absolute Gasteiger partial charge is 0.228 e. The molecule has 0 spiro atoms. The van der Waals surface area contributed by atoms with Crippen LogP contribution in [-0.4, -0.2) is 11.9 Å². The number of anilines is 1. The van der Waals surface area contributed by atoms with Gasteiger partial charge in [-0.3, -0.25) is 4.79 Å². The number of hydrogen-bond donors (Lipinski definition) is 1. The molecule has 4 heteroatoms. The number of amides is 1. The molecular formula is C15H16NO3-. The van der Waals surface area contributed by atoms with Crippen LogP contribution in [0, 0.1) is 18.8 Å². The van der Waals surface area contributed by atoms with Gasteiger partial charge in [-0.2, -0.15) is 0 Å². The van der Waals surface area contributed by atoms with E-state index in [9.17, 15) is 14.7 Å². The van der Waals surface area contributed by atoms with Gasteiger partial charge in [0, 0.05) is 17.6 Å². The topological polar surface area (TPSA) is 69.2 Å². The summed E-state index contributed by atoms with van der Waals surface area (Å²) in [5, 5.41) is 13.9. The van der Waals surface area contributed by atoms with Crippen molar-refractivity contribution in [2.24, 2.45) is 11.8 Å². The highest BCUT2D eigenvalue weighted by molar-refractivity contribution is 5.95. The maximum absolute atomic E-state index is 12.2. The van der Waals surface area contributed by atoms with Crippen molar-refractivity contribution in [3.63, 3.8) is 0 Å². The molecule has 0 unspecified atom stereocenters. The van der Waals surface area contributed by atoms with Crippen LogP contribution in [0.25, 0.3) is 0 Å².